The average Bonchev–Trinajstić information content (AvgIpc) is 2.45. The first kappa shape index (κ1) is 14.6. The highest BCUT2D eigenvalue weighted by Crippen LogP contribution is 2.26. The molecule has 2 N–H and O–H groups in total. The molecular formula is C13H16N6O2. The van der Waals surface area contributed by atoms with Gasteiger partial charge in [0.15, 0.2) is 0 Å². The molecule has 0 spiro atoms. The van der Waals surface area contributed by atoms with E-state index in [4.69, 9.17) is 0 Å². The van der Waals surface area contributed by atoms with E-state index in [0.29, 0.717) is 24.7 Å². The van der Waals surface area contributed by atoms with Gasteiger partial charge in [-0.1, -0.05) is 0 Å². The number of aromatic nitrogens is 3. The van der Waals surface area contributed by atoms with E-state index < -0.39 is 4.92 Å². The van der Waals surface area contributed by atoms with Gasteiger partial charge < -0.3 is 10.6 Å². The Morgan fingerprint density at radius 2 is 1.95 bits per heavy atom. The van der Waals surface area contributed by atoms with Gasteiger partial charge in [0.1, 0.15) is 5.69 Å². The van der Waals surface area contributed by atoms with Crippen molar-refractivity contribution in [2.45, 2.75) is 20.4 Å². The van der Waals surface area contributed by atoms with E-state index in [1.54, 1.807) is 19.3 Å². The molecule has 0 saturated heterocycles. The van der Waals surface area contributed by atoms with Crippen molar-refractivity contribution in [3.05, 3.63) is 45.9 Å². The number of nitrogens with one attached hydrogen (secondary N) is 2. The summed E-state index contributed by atoms with van der Waals surface area (Å²) in [7, 11) is 0. The van der Waals surface area contributed by atoms with Crippen LogP contribution in [0.25, 0.3) is 0 Å². The third kappa shape index (κ3) is 3.62. The van der Waals surface area contributed by atoms with Crippen LogP contribution in [0.2, 0.25) is 0 Å². The van der Waals surface area contributed by atoms with Crippen LogP contribution in [0.1, 0.15) is 18.2 Å². The lowest BCUT2D eigenvalue weighted by Crippen LogP contribution is -2.11. The smallest absolute Gasteiger partial charge is 0.332 e. The Labute approximate surface area is 121 Å². The molecule has 0 aliphatic carbocycles. The Balaban J connectivity index is 2.28. The molecule has 0 unspecified atom stereocenters. The van der Waals surface area contributed by atoms with Gasteiger partial charge in [-0.15, -0.1) is 0 Å². The highest BCUT2D eigenvalue weighted by atomic mass is 16.6. The maximum Gasteiger partial charge on any atom is 0.332 e. The van der Waals surface area contributed by atoms with Crippen molar-refractivity contribution in [3.63, 3.8) is 0 Å². The molecule has 2 aromatic heterocycles. The van der Waals surface area contributed by atoms with E-state index in [0.717, 1.165) is 5.56 Å². The highest BCUT2D eigenvalue weighted by molar-refractivity contribution is 5.60. The molecule has 0 aliphatic rings. The van der Waals surface area contributed by atoms with E-state index in [1.165, 1.54) is 0 Å². The molecule has 8 heteroatoms. The third-order valence-corrected chi connectivity index (χ3v) is 2.79. The Morgan fingerprint density at radius 3 is 2.57 bits per heavy atom. The number of aryl methyl sites for hydroxylation is 1. The minimum absolute atomic E-state index is 0.106. The molecule has 0 atom stereocenters. The summed E-state index contributed by atoms with van der Waals surface area (Å²) < 4.78 is 0. The summed E-state index contributed by atoms with van der Waals surface area (Å²) in [4.78, 5) is 22.9. The molecule has 110 valence electrons. The van der Waals surface area contributed by atoms with Crippen LogP contribution in [-0.2, 0) is 6.54 Å². The van der Waals surface area contributed by atoms with Crippen LogP contribution in [0.4, 0.5) is 17.5 Å². The van der Waals surface area contributed by atoms with Crippen LogP contribution in [-0.4, -0.2) is 26.4 Å². The summed E-state index contributed by atoms with van der Waals surface area (Å²) in [6, 6.07) is 3.66. The van der Waals surface area contributed by atoms with Gasteiger partial charge in [-0.25, -0.2) is 4.98 Å². The summed E-state index contributed by atoms with van der Waals surface area (Å²) in [5.41, 5.74) is 1.18. The Kier molecular flexibility index (Phi) is 4.60. The van der Waals surface area contributed by atoms with E-state index in [2.05, 4.69) is 25.6 Å². The van der Waals surface area contributed by atoms with E-state index in [1.807, 2.05) is 19.1 Å². The van der Waals surface area contributed by atoms with Gasteiger partial charge in [0.25, 0.3) is 0 Å². The van der Waals surface area contributed by atoms with E-state index in [9.17, 15) is 10.1 Å². The average molecular weight is 288 g/mol. The summed E-state index contributed by atoms with van der Waals surface area (Å²) in [6.45, 7) is 4.56. The molecule has 2 aromatic rings. The predicted molar refractivity (Wildman–Crippen MR) is 79.2 cm³/mol. The fourth-order valence-corrected chi connectivity index (χ4v) is 1.83. The fraction of sp³-hybridized carbons (Fsp3) is 0.308. The first-order valence-electron chi connectivity index (χ1n) is 6.51. The minimum Gasteiger partial charge on any atom is -0.360 e. The van der Waals surface area contributed by atoms with E-state index in [-0.39, 0.29) is 11.5 Å². The van der Waals surface area contributed by atoms with Crippen LogP contribution in [0.3, 0.4) is 0 Å². The summed E-state index contributed by atoms with van der Waals surface area (Å²) in [6.07, 6.45) is 3.33. The SMILES string of the molecule is CCNc1nc(C)c([N+](=O)[O-])c(NCc2ccncc2)n1. The normalized spacial score (nSPS) is 10.2. The molecule has 0 radical (unpaired) electrons. The molecule has 0 saturated carbocycles. The fourth-order valence-electron chi connectivity index (χ4n) is 1.83. The number of nitro groups is 1. The van der Waals surface area contributed by atoms with Gasteiger partial charge in [0, 0.05) is 25.5 Å². The van der Waals surface area contributed by atoms with Crippen molar-refractivity contribution in [1.29, 1.82) is 0 Å². The van der Waals surface area contributed by atoms with Crippen molar-refractivity contribution in [2.24, 2.45) is 0 Å². The molecular weight excluding hydrogens is 272 g/mol. The molecule has 2 rings (SSSR count). The molecule has 8 nitrogen and oxygen atoms in total. The van der Waals surface area contributed by atoms with Gasteiger partial charge >= 0.3 is 5.69 Å². The van der Waals surface area contributed by atoms with Gasteiger partial charge in [0.2, 0.25) is 11.8 Å². The maximum atomic E-state index is 11.2. The molecule has 21 heavy (non-hydrogen) atoms. The third-order valence-electron chi connectivity index (χ3n) is 2.79. The Morgan fingerprint density at radius 1 is 1.24 bits per heavy atom. The predicted octanol–water partition coefficient (Wildman–Crippen LogP) is 2.13. The van der Waals surface area contributed by atoms with Gasteiger partial charge in [-0.2, -0.15) is 4.98 Å². The number of hydrogen-bond donors (Lipinski definition) is 2. The lowest BCUT2D eigenvalue weighted by Gasteiger charge is -2.10. The zero-order valence-corrected chi connectivity index (χ0v) is 11.8. The Bertz CT molecular complexity index is 632. The maximum absolute atomic E-state index is 11.2. The molecule has 0 aliphatic heterocycles. The number of nitrogens with zero attached hydrogens (tertiary/aromatic N) is 4. The Hall–Kier alpha value is -2.77. The van der Waals surface area contributed by atoms with Crippen LogP contribution >= 0.6 is 0 Å². The number of hydrogen-bond acceptors (Lipinski definition) is 7. The molecule has 0 fully saturated rings. The summed E-state index contributed by atoms with van der Waals surface area (Å²) in [5.74, 6) is 0.582. The molecule has 0 aromatic carbocycles. The minimum atomic E-state index is -0.472. The largest absolute Gasteiger partial charge is 0.360 e. The lowest BCUT2D eigenvalue weighted by molar-refractivity contribution is -0.385. The topological polar surface area (TPSA) is 106 Å². The number of pyridine rings is 1. The van der Waals surface area contributed by atoms with Crippen molar-refractivity contribution in [3.8, 4) is 0 Å². The second-order valence-electron chi connectivity index (χ2n) is 4.33. The standard InChI is InChI=1S/C13H16N6O2/c1-3-15-13-17-9(2)11(19(20)21)12(18-13)16-8-10-4-6-14-7-5-10/h4-7H,3,8H2,1-2H3,(H2,15,16,17,18). The van der Waals surface area contributed by atoms with E-state index >= 15 is 0 Å². The van der Waals surface area contributed by atoms with Gasteiger partial charge in [0.05, 0.1) is 4.92 Å². The zero-order chi connectivity index (χ0) is 15.2. The molecule has 2 heterocycles. The number of rotatable bonds is 6. The van der Waals surface area contributed by atoms with Crippen LogP contribution in [0.15, 0.2) is 24.5 Å². The van der Waals surface area contributed by atoms with Crippen molar-refractivity contribution in [2.75, 3.05) is 17.2 Å². The van der Waals surface area contributed by atoms with Crippen LogP contribution in [0, 0.1) is 17.0 Å². The van der Waals surface area contributed by atoms with Crippen molar-refractivity contribution < 1.29 is 4.92 Å². The van der Waals surface area contributed by atoms with Crippen molar-refractivity contribution >= 4 is 17.5 Å². The molecule has 0 bridgehead atoms. The lowest BCUT2D eigenvalue weighted by atomic mass is 10.2. The first-order chi connectivity index (χ1) is 10.1. The zero-order valence-electron chi connectivity index (χ0n) is 11.8. The second kappa shape index (κ2) is 6.60. The van der Waals surface area contributed by atoms with Crippen LogP contribution in [0.5, 0.6) is 0 Å². The van der Waals surface area contributed by atoms with Crippen LogP contribution < -0.4 is 10.6 Å². The van der Waals surface area contributed by atoms with Crippen molar-refractivity contribution in [1.82, 2.24) is 15.0 Å². The quantitative estimate of drug-likeness (QED) is 0.619. The second-order valence-corrected chi connectivity index (χ2v) is 4.33. The summed E-state index contributed by atoms with van der Waals surface area (Å²) >= 11 is 0. The highest BCUT2D eigenvalue weighted by Gasteiger charge is 2.21. The number of anilines is 2. The van der Waals surface area contributed by atoms with Gasteiger partial charge in [-0.3, -0.25) is 15.1 Å². The first-order valence-corrected chi connectivity index (χ1v) is 6.51. The summed E-state index contributed by atoms with van der Waals surface area (Å²) in [5, 5.41) is 17.1. The van der Waals surface area contributed by atoms with Gasteiger partial charge in [-0.05, 0) is 31.5 Å². The molecule has 0 amide bonds. The monoisotopic (exact) mass is 288 g/mol.